The lowest BCUT2D eigenvalue weighted by Crippen LogP contribution is -2.46. The van der Waals surface area contributed by atoms with E-state index in [1.807, 2.05) is 30.3 Å². The molecule has 0 aromatic heterocycles. The Hall–Kier alpha value is -0.700. The number of hydrogen-bond acceptors (Lipinski definition) is 4. The van der Waals surface area contributed by atoms with Crippen LogP contribution in [0.4, 0.5) is 0 Å². The molecule has 0 amide bonds. The predicted octanol–water partition coefficient (Wildman–Crippen LogP) is 2.37. The van der Waals surface area contributed by atoms with Gasteiger partial charge in [-0.25, -0.2) is 3.11 Å². The normalized spacial score (nSPS) is 23.6. The third kappa shape index (κ3) is 5.01. The fourth-order valence-corrected chi connectivity index (χ4v) is 3.25. The Kier molecular flexibility index (Phi) is 6.21. The molecule has 2 N–H and O–H groups in total. The molecule has 110 valence electrons. The number of hydrogen-bond donors (Lipinski definition) is 2. The van der Waals surface area contributed by atoms with Gasteiger partial charge in [-0.1, -0.05) is 30.3 Å². The summed E-state index contributed by atoms with van der Waals surface area (Å²) in [6.07, 6.45) is 2.02. The van der Waals surface area contributed by atoms with E-state index in [0.29, 0.717) is 6.61 Å². The monoisotopic (exact) mass is 390 g/mol. The molecule has 0 spiro atoms. The minimum atomic E-state index is -0.733. The summed E-state index contributed by atoms with van der Waals surface area (Å²) in [5.41, 5.74) is 4.21. The Labute approximate surface area is 132 Å². The largest absolute Gasteiger partial charge is 0.481 e. The Morgan fingerprint density at radius 3 is 2.80 bits per heavy atom. The molecular formula is C14H19IN2O3. The Morgan fingerprint density at radius 1 is 1.40 bits per heavy atom. The summed E-state index contributed by atoms with van der Waals surface area (Å²) in [5, 5.41) is 8.85. The first kappa shape index (κ1) is 15.7. The highest BCUT2D eigenvalue weighted by atomic mass is 127. The fraction of sp³-hybridized carbons (Fsp3) is 0.500. The van der Waals surface area contributed by atoms with Crippen LogP contribution in [0.3, 0.4) is 0 Å². The predicted molar refractivity (Wildman–Crippen MR) is 84.2 cm³/mol. The standard InChI is InChI=1S/C14H19IN2O3/c15-17-9-12(6-7-13(17)8-14(18)19)16-20-10-11-4-2-1-3-5-11/h1-5,12-13,16H,6-10H2,(H,18,19)/t12-,13+/m1/s1. The number of rotatable bonds is 6. The summed E-state index contributed by atoms with van der Waals surface area (Å²) < 4.78 is 2.07. The van der Waals surface area contributed by atoms with E-state index in [1.165, 1.54) is 0 Å². The van der Waals surface area contributed by atoms with E-state index in [-0.39, 0.29) is 18.5 Å². The van der Waals surface area contributed by atoms with Crippen LogP contribution in [0.15, 0.2) is 30.3 Å². The molecule has 1 aliphatic rings. The molecule has 1 heterocycles. The summed E-state index contributed by atoms with van der Waals surface area (Å²) in [4.78, 5) is 16.3. The molecule has 6 heteroatoms. The van der Waals surface area contributed by atoms with Crippen molar-refractivity contribution < 1.29 is 14.7 Å². The van der Waals surface area contributed by atoms with Crippen molar-refractivity contribution in [3.8, 4) is 0 Å². The zero-order valence-electron chi connectivity index (χ0n) is 11.2. The molecule has 0 saturated carbocycles. The summed E-state index contributed by atoms with van der Waals surface area (Å²) in [6.45, 7) is 1.34. The lowest BCUT2D eigenvalue weighted by atomic mass is 9.99. The average molecular weight is 390 g/mol. The van der Waals surface area contributed by atoms with Gasteiger partial charge in [0, 0.05) is 41.5 Å². The van der Waals surface area contributed by atoms with Crippen LogP contribution < -0.4 is 5.48 Å². The zero-order chi connectivity index (χ0) is 14.4. The molecule has 0 bridgehead atoms. The van der Waals surface area contributed by atoms with Crippen LogP contribution in [0.25, 0.3) is 0 Å². The van der Waals surface area contributed by atoms with Crippen molar-refractivity contribution >= 4 is 28.8 Å². The van der Waals surface area contributed by atoms with Crippen molar-refractivity contribution in [1.82, 2.24) is 8.59 Å². The third-order valence-electron chi connectivity index (χ3n) is 3.38. The fourth-order valence-electron chi connectivity index (χ4n) is 2.30. The quantitative estimate of drug-likeness (QED) is 0.444. The number of carboxylic acid groups (broad SMARTS) is 1. The maximum Gasteiger partial charge on any atom is 0.304 e. The first-order valence-corrected chi connectivity index (χ1v) is 7.67. The maximum atomic E-state index is 10.8. The number of aliphatic carboxylic acids is 1. The summed E-state index contributed by atoms with van der Waals surface area (Å²) >= 11 is 2.21. The molecule has 2 rings (SSSR count). The third-order valence-corrected chi connectivity index (χ3v) is 4.56. The molecule has 1 fully saturated rings. The van der Waals surface area contributed by atoms with E-state index < -0.39 is 5.97 Å². The first-order chi connectivity index (χ1) is 9.65. The van der Waals surface area contributed by atoms with Crippen molar-refractivity contribution in [2.45, 2.75) is 38.0 Å². The second kappa shape index (κ2) is 7.92. The molecule has 5 nitrogen and oxygen atoms in total. The van der Waals surface area contributed by atoms with Crippen LogP contribution in [0.5, 0.6) is 0 Å². The van der Waals surface area contributed by atoms with E-state index in [4.69, 9.17) is 9.94 Å². The molecule has 1 aromatic rings. The Balaban J connectivity index is 1.69. The lowest BCUT2D eigenvalue weighted by Gasteiger charge is -2.34. The number of piperidine rings is 1. The van der Waals surface area contributed by atoms with Crippen LogP contribution in [0.1, 0.15) is 24.8 Å². The van der Waals surface area contributed by atoms with E-state index in [1.54, 1.807) is 0 Å². The molecule has 1 saturated heterocycles. The van der Waals surface area contributed by atoms with Crippen LogP contribution in [-0.4, -0.2) is 32.8 Å². The summed E-state index contributed by atoms with van der Waals surface area (Å²) in [7, 11) is 0. The average Bonchev–Trinajstić information content (AvgIpc) is 2.43. The second-order valence-electron chi connectivity index (χ2n) is 5.00. The van der Waals surface area contributed by atoms with Crippen LogP contribution >= 0.6 is 22.9 Å². The van der Waals surface area contributed by atoms with Gasteiger partial charge in [0.15, 0.2) is 0 Å². The van der Waals surface area contributed by atoms with Gasteiger partial charge in [0.25, 0.3) is 0 Å². The number of halogens is 1. The smallest absolute Gasteiger partial charge is 0.304 e. The van der Waals surface area contributed by atoms with Gasteiger partial charge in [-0.15, -0.1) is 0 Å². The molecule has 2 atom stereocenters. The van der Waals surface area contributed by atoms with Crippen LogP contribution in [0.2, 0.25) is 0 Å². The van der Waals surface area contributed by atoms with Gasteiger partial charge < -0.3 is 5.11 Å². The molecule has 20 heavy (non-hydrogen) atoms. The minimum absolute atomic E-state index is 0.125. The maximum absolute atomic E-state index is 10.8. The zero-order valence-corrected chi connectivity index (χ0v) is 13.3. The van der Waals surface area contributed by atoms with Gasteiger partial charge in [0.05, 0.1) is 13.0 Å². The lowest BCUT2D eigenvalue weighted by molar-refractivity contribution is -0.138. The van der Waals surface area contributed by atoms with Crippen molar-refractivity contribution in [2.24, 2.45) is 0 Å². The van der Waals surface area contributed by atoms with E-state index in [2.05, 4.69) is 31.5 Å². The minimum Gasteiger partial charge on any atom is -0.481 e. The number of carbonyl (C=O) groups is 1. The Morgan fingerprint density at radius 2 is 2.15 bits per heavy atom. The molecule has 0 unspecified atom stereocenters. The van der Waals surface area contributed by atoms with Crippen LogP contribution in [0, 0.1) is 0 Å². The number of hydroxylamine groups is 1. The van der Waals surface area contributed by atoms with E-state index in [0.717, 1.165) is 24.9 Å². The second-order valence-corrected chi connectivity index (χ2v) is 6.24. The molecular weight excluding hydrogens is 371 g/mol. The first-order valence-electron chi connectivity index (χ1n) is 6.70. The summed E-state index contributed by atoms with van der Waals surface area (Å²) in [6, 6.07) is 10.4. The van der Waals surface area contributed by atoms with Crippen molar-refractivity contribution in [1.29, 1.82) is 0 Å². The topological polar surface area (TPSA) is 61.8 Å². The van der Waals surface area contributed by atoms with Gasteiger partial charge in [-0.05, 0) is 18.4 Å². The Bertz CT molecular complexity index is 430. The van der Waals surface area contributed by atoms with Gasteiger partial charge in [-0.3, -0.25) is 9.63 Å². The van der Waals surface area contributed by atoms with E-state index >= 15 is 0 Å². The van der Waals surface area contributed by atoms with Gasteiger partial charge in [0.2, 0.25) is 0 Å². The van der Waals surface area contributed by atoms with Crippen molar-refractivity contribution in [3.05, 3.63) is 35.9 Å². The highest BCUT2D eigenvalue weighted by Gasteiger charge is 2.28. The number of nitrogens with one attached hydrogen (secondary N) is 1. The van der Waals surface area contributed by atoms with Crippen molar-refractivity contribution in [3.63, 3.8) is 0 Å². The molecule has 1 aromatic carbocycles. The molecule has 0 radical (unpaired) electrons. The number of benzene rings is 1. The highest BCUT2D eigenvalue weighted by Crippen LogP contribution is 2.23. The van der Waals surface area contributed by atoms with Gasteiger partial charge in [-0.2, -0.15) is 5.48 Å². The van der Waals surface area contributed by atoms with Crippen molar-refractivity contribution in [2.75, 3.05) is 6.54 Å². The van der Waals surface area contributed by atoms with Gasteiger partial charge in [0.1, 0.15) is 0 Å². The van der Waals surface area contributed by atoms with Crippen LogP contribution in [-0.2, 0) is 16.2 Å². The number of carboxylic acids is 1. The number of nitrogens with zero attached hydrogens (tertiary/aromatic N) is 1. The SMILES string of the molecule is O=C(O)C[C@@H]1CC[C@@H](NOCc2ccccc2)CN1I. The molecule has 0 aliphatic carbocycles. The van der Waals surface area contributed by atoms with Gasteiger partial charge >= 0.3 is 5.97 Å². The van der Waals surface area contributed by atoms with E-state index in [9.17, 15) is 4.79 Å². The summed E-state index contributed by atoms with van der Waals surface area (Å²) in [5.74, 6) is -0.733. The highest BCUT2D eigenvalue weighted by molar-refractivity contribution is 14.1. The molecule has 1 aliphatic heterocycles.